The zero-order valence-electron chi connectivity index (χ0n) is 23.0. The Hall–Kier alpha value is -5.02. The highest BCUT2D eigenvalue weighted by molar-refractivity contribution is 6.62. The molecule has 0 heterocycles. The third kappa shape index (κ3) is 6.77. The SMILES string of the molecule is Cc1ccccc1C(=O)O[Si](OC(=O)c1ccccc1C)(OC(=O)c1ccccc1C)OC(=O)c1ccccc1C. The largest absolute Gasteiger partial charge is 0.975 e. The Morgan fingerprint density at radius 1 is 0.390 bits per heavy atom. The highest BCUT2D eigenvalue weighted by atomic mass is 28.4. The molecule has 4 rings (SSSR count). The summed E-state index contributed by atoms with van der Waals surface area (Å²) in [6.45, 7) is 6.71. The minimum absolute atomic E-state index is 0.107. The Morgan fingerprint density at radius 3 is 0.780 bits per heavy atom. The molecule has 4 aromatic carbocycles. The molecule has 0 saturated heterocycles. The molecule has 9 heteroatoms. The van der Waals surface area contributed by atoms with Crippen molar-refractivity contribution in [3.63, 3.8) is 0 Å². The molecule has 0 fully saturated rings. The molecule has 0 aromatic heterocycles. The van der Waals surface area contributed by atoms with E-state index >= 15 is 0 Å². The van der Waals surface area contributed by atoms with E-state index in [0.29, 0.717) is 22.3 Å². The maximum Gasteiger partial charge on any atom is 0.975 e. The molecule has 0 unspecified atom stereocenters. The van der Waals surface area contributed by atoms with Gasteiger partial charge in [0.15, 0.2) is 0 Å². The van der Waals surface area contributed by atoms with E-state index in [-0.39, 0.29) is 22.3 Å². The lowest BCUT2D eigenvalue weighted by atomic mass is 10.1. The minimum Gasteiger partial charge on any atom is -0.419 e. The molecule has 0 radical (unpaired) electrons. The molecule has 0 aliphatic rings. The Kier molecular flexibility index (Phi) is 8.79. The van der Waals surface area contributed by atoms with Crippen LogP contribution in [0.2, 0.25) is 0 Å². The molecule has 0 atom stereocenters. The van der Waals surface area contributed by atoms with Gasteiger partial charge in [-0.05, 0) is 74.2 Å². The maximum atomic E-state index is 13.5. The lowest BCUT2D eigenvalue weighted by Gasteiger charge is -2.26. The first-order valence-corrected chi connectivity index (χ1v) is 14.4. The predicted octanol–water partition coefficient (Wildman–Crippen LogP) is 6.08. The van der Waals surface area contributed by atoms with Crippen molar-refractivity contribution >= 4 is 32.9 Å². The zero-order valence-corrected chi connectivity index (χ0v) is 24.0. The van der Waals surface area contributed by atoms with E-state index in [0.717, 1.165) is 0 Å². The maximum absolute atomic E-state index is 13.5. The van der Waals surface area contributed by atoms with Crippen LogP contribution < -0.4 is 0 Å². The summed E-state index contributed by atoms with van der Waals surface area (Å²) in [5, 5.41) is 0. The zero-order chi connectivity index (χ0) is 29.6. The molecule has 0 saturated carbocycles. The van der Waals surface area contributed by atoms with Gasteiger partial charge in [-0.1, -0.05) is 72.8 Å². The van der Waals surface area contributed by atoms with Crippen LogP contribution in [0.5, 0.6) is 0 Å². The van der Waals surface area contributed by atoms with E-state index in [1.165, 1.54) is 24.3 Å². The summed E-state index contributed by atoms with van der Waals surface area (Å²) in [7, 11) is -5.27. The van der Waals surface area contributed by atoms with Crippen molar-refractivity contribution in [2.75, 3.05) is 0 Å². The van der Waals surface area contributed by atoms with Crippen molar-refractivity contribution in [3.8, 4) is 0 Å². The fraction of sp³-hybridized carbons (Fsp3) is 0.125. The quantitative estimate of drug-likeness (QED) is 0.235. The fourth-order valence-electron chi connectivity index (χ4n) is 4.01. The van der Waals surface area contributed by atoms with Gasteiger partial charge in [0, 0.05) is 0 Å². The highest BCUT2D eigenvalue weighted by Gasteiger charge is 2.64. The number of carbonyl (C=O) groups excluding carboxylic acids is 4. The Labute approximate surface area is 238 Å². The predicted molar refractivity (Wildman–Crippen MR) is 152 cm³/mol. The standard InChI is InChI=1S/C32H28O8Si/c1-21-13-5-9-17-25(21)29(33)37-41(38-30(34)26-18-10-6-14-22(26)2,39-31(35)27-19-11-7-15-23(27)3)40-32(36)28-20-12-8-16-24(28)4/h5-20H,1-4H3. The van der Waals surface area contributed by atoms with Crippen LogP contribution in [0.1, 0.15) is 63.7 Å². The first-order chi connectivity index (χ1) is 19.6. The number of carbonyl (C=O) groups is 4. The van der Waals surface area contributed by atoms with E-state index in [1.54, 1.807) is 100 Å². The lowest BCUT2D eigenvalue weighted by molar-refractivity contribution is -0.00333. The Bertz CT molecular complexity index is 1380. The number of hydrogen-bond donors (Lipinski definition) is 0. The summed E-state index contributed by atoms with van der Waals surface area (Å²) < 4.78 is 22.7. The Balaban J connectivity index is 1.84. The van der Waals surface area contributed by atoms with Gasteiger partial charge in [0.2, 0.25) is 0 Å². The molecule has 0 N–H and O–H groups in total. The van der Waals surface area contributed by atoms with Gasteiger partial charge >= 0.3 is 32.9 Å². The van der Waals surface area contributed by atoms with E-state index in [2.05, 4.69) is 0 Å². The second-order valence-electron chi connectivity index (χ2n) is 9.32. The average Bonchev–Trinajstić information content (AvgIpc) is 2.93. The van der Waals surface area contributed by atoms with Crippen LogP contribution in [0.3, 0.4) is 0 Å². The van der Waals surface area contributed by atoms with Crippen LogP contribution in [0.25, 0.3) is 0 Å². The highest BCUT2D eigenvalue weighted by Crippen LogP contribution is 2.24. The summed E-state index contributed by atoms with van der Waals surface area (Å²) >= 11 is 0. The second-order valence-corrected chi connectivity index (χ2v) is 11.1. The van der Waals surface area contributed by atoms with Gasteiger partial charge in [0.1, 0.15) is 0 Å². The van der Waals surface area contributed by atoms with E-state index in [4.69, 9.17) is 17.7 Å². The summed E-state index contributed by atoms with van der Waals surface area (Å²) in [5.41, 5.74) is 2.60. The molecule has 8 nitrogen and oxygen atoms in total. The van der Waals surface area contributed by atoms with Crippen molar-refractivity contribution < 1.29 is 36.9 Å². The van der Waals surface area contributed by atoms with Crippen molar-refractivity contribution in [1.82, 2.24) is 0 Å². The van der Waals surface area contributed by atoms with Crippen LogP contribution >= 0.6 is 0 Å². The van der Waals surface area contributed by atoms with Gasteiger partial charge in [0.25, 0.3) is 0 Å². The van der Waals surface area contributed by atoms with E-state index in [1.807, 2.05) is 0 Å². The molecule has 0 spiro atoms. The first-order valence-electron chi connectivity index (χ1n) is 12.8. The first kappa shape index (κ1) is 29.0. The molecular formula is C32H28O8Si. The fourth-order valence-corrected chi connectivity index (χ4v) is 5.60. The van der Waals surface area contributed by atoms with Gasteiger partial charge in [0.05, 0.1) is 22.3 Å². The lowest BCUT2D eigenvalue weighted by Crippen LogP contribution is -2.54. The van der Waals surface area contributed by atoms with Gasteiger partial charge in [-0.25, -0.2) is 19.2 Å². The molecule has 4 aromatic rings. The molecule has 208 valence electrons. The number of benzene rings is 4. The Morgan fingerprint density at radius 2 is 0.585 bits per heavy atom. The second kappa shape index (κ2) is 12.4. The third-order valence-corrected chi connectivity index (χ3v) is 8.07. The van der Waals surface area contributed by atoms with Crippen LogP contribution in [0.4, 0.5) is 0 Å². The van der Waals surface area contributed by atoms with Crippen molar-refractivity contribution in [1.29, 1.82) is 0 Å². The molecule has 0 aliphatic heterocycles. The topological polar surface area (TPSA) is 105 Å². The van der Waals surface area contributed by atoms with Crippen molar-refractivity contribution in [3.05, 3.63) is 142 Å². The summed E-state index contributed by atoms with van der Waals surface area (Å²) in [6, 6.07) is 26.1. The van der Waals surface area contributed by atoms with Gasteiger partial charge in [-0.2, -0.15) is 0 Å². The van der Waals surface area contributed by atoms with Crippen LogP contribution in [0, 0.1) is 27.7 Å². The molecule has 0 amide bonds. The summed E-state index contributed by atoms with van der Waals surface area (Å²) in [5.74, 6) is -3.99. The van der Waals surface area contributed by atoms with Crippen molar-refractivity contribution in [2.45, 2.75) is 27.7 Å². The van der Waals surface area contributed by atoms with Crippen molar-refractivity contribution in [2.24, 2.45) is 0 Å². The summed E-state index contributed by atoms with van der Waals surface area (Å²) in [6.07, 6.45) is 0. The minimum atomic E-state index is -5.27. The molecule has 0 aliphatic carbocycles. The van der Waals surface area contributed by atoms with Crippen LogP contribution in [0.15, 0.2) is 97.1 Å². The van der Waals surface area contributed by atoms with Gasteiger partial charge in [-0.3, -0.25) is 0 Å². The normalized spacial score (nSPS) is 10.8. The van der Waals surface area contributed by atoms with Crippen LogP contribution in [-0.2, 0) is 17.7 Å². The van der Waals surface area contributed by atoms with E-state index in [9.17, 15) is 19.2 Å². The molecule has 41 heavy (non-hydrogen) atoms. The molecule has 0 bridgehead atoms. The monoisotopic (exact) mass is 568 g/mol. The van der Waals surface area contributed by atoms with Crippen LogP contribution in [-0.4, -0.2) is 32.9 Å². The number of hydrogen-bond acceptors (Lipinski definition) is 8. The molecular weight excluding hydrogens is 540 g/mol. The van der Waals surface area contributed by atoms with Gasteiger partial charge < -0.3 is 17.7 Å². The number of rotatable bonds is 8. The number of aryl methyl sites for hydroxylation is 4. The van der Waals surface area contributed by atoms with E-state index < -0.39 is 32.9 Å². The van der Waals surface area contributed by atoms with Gasteiger partial charge in [-0.15, -0.1) is 0 Å². The smallest absolute Gasteiger partial charge is 0.419 e. The average molecular weight is 569 g/mol. The third-order valence-electron chi connectivity index (χ3n) is 6.33. The summed E-state index contributed by atoms with van der Waals surface area (Å²) in [4.78, 5) is 53.9.